The van der Waals surface area contributed by atoms with Gasteiger partial charge in [0.1, 0.15) is 12.9 Å². The van der Waals surface area contributed by atoms with E-state index in [-0.39, 0.29) is 17.8 Å². The molecule has 0 aromatic heterocycles. The van der Waals surface area contributed by atoms with E-state index in [1.807, 2.05) is 24.3 Å². The highest BCUT2D eigenvalue weighted by atomic mass is 32.2. The van der Waals surface area contributed by atoms with Crippen LogP contribution in [-0.2, 0) is 29.7 Å². The standard InChI is InChI=1S/C33H45NO4.O3S/c1-26(36)38-25-32-29-19-16-15-18-28(29)30-22-21-27(24-31(30)32)34-33(37)20-14-12-10-8-6-4-2-3-5-7-9-11-13-17-23-35;1-4(2)3/h15-16,18-19,21-24,32H,2-14,17,20,25H2,1H3,(H,34,37);. The van der Waals surface area contributed by atoms with Crippen molar-refractivity contribution in [3.8, 4) is 11.1 Å². The summed E-state index contributed by atoms with van der Waals surface area (Å²) in [6.45, 7) is 1.74. The van der Waals surface area contributed by atoms with E-state index in [0.717, 1.165) is 54.3 Å². The number of hydrogen-bond acceptors (Lipinski definition) is 7. The molecule has 2 aromatic carbocycles. The van der Waals surface area contributed by atoms with Gasteiger partial charge < -0.3 is 14.8 Å². The summed E-state index contributed by atoms with van der Waals surface area (Å²) in [7, 11) is -3.11. The monoisotopic (exact) mass is 599 g/mol. The fourth-order valence-electron chi connectivity index (χ4n) is 5.45. The Labute approximate surface area is 251 Å². The molecule has 0 fully saturated rings. The van der Waals surface area contributed by atoms with Crippen LogP contribution in [0.4, 0.5) is 5.69 Å². The van der Waals surface area contributed by atoms with Crippen molar-refractivity contribution in [2.45, 2.75) is 109 Å². The fourth-order valence-corrected chi connectivity index (χ4v) is 5.45. The van der Waals surface area contributed by atoms with Gasteiger partial charge in [0.2, 0.25) is 5.91 Å². The maximum absolute atomic E-state index is 12.6. The van der Waals surface area contributed by atoms with Gasteiger partial charge in [-0.05, 0) is 47.2 Å². The molecule has 1 atom stereocenters. The highest BCUT2D eigenvalue weighted by molar-refractivity contribution is 7.59. The first-order valence-electron chi connectivity index (χ1n) is 15.2. The number of anilines is 1. The quantitative estimate of drug-likeness (QED) is 0.102. The summed E-state index contributed by atoms with van der Waals surface area (Å²) in [4.78, 5) is 34.3. The Morgan fingerprint density at radius 1 is 0.762 bits per heavy atom. The van der Waals surface area contributed by atoms with Crippen LogP contribution >= 0.6 is 0 Å². The first-order chi connectivity index (χ1) is 20.3. The van der Waals surface area contributed by atoms with E-state index in [2.05, 4.69) is 23.5 Å². The van der Waals surface area contributed by atoms with Gasteiger partial charge in [-0.15, -0.1) is 12.6 Å². The lowest BCUT2D eigenvalue weighted by Gasteiger charge is -2.14. The van der Waals surface area contributed by atoms with E-state index in [0.29, 0.717) is 13.0 Å². The van der Waals surface area contributed by atoms with Crippen molar-refractivity contribution in [1.29, 1.82) is 0 Å². The van der Waals surface area contributed by atoms with E-state index in [9.17, 15) is 14.4 Å². The van der Waals surface area contributed by atoms with E-state index < -0.39 is 10.6 Å². The van der Waals surface area contributed by atoms with E-state index in [1.165, 1.54) is 76.7 Å². The zero-order valence-electron chi connectivity index (χ0n) is 24.8. The average Bonchev–Trinajstić information content (AvgIpc) is 3.26. The molecular formula is C33H45NO7S. The van der Waals surface area contributed by atoms with Gasteiger partial charge in [-0.2, -0.15) is 0 Å². The van der Waals surface area contributed by atoms with Crippen LogP contribution < -0.4 is 5.32 Å². The number of carbonyl (C=O) groups is 3. The number of unbranched alkanes of at least 4 members (excludes halogenated alkanes) is 13. The molecule has 0 radical (unpaired) electrons. The van der Waals surface area contributed by atoms with E-state index in [1.54, 1.807) is 0 Å². The second-order valence-corrected chi connectivity index (χ2v) is 11.2. The molecular weight excluding hydrogens is 554 g/mol. The maximum Gasteiger partial charge on any atom is 0.425 e. The van der Waals surface area contributed by atoms with Crippen LogP contribution in [0.1, 0.15) is 120 Å². The van der Waals surface area contributed by atoms with Crippen LogP contribution in [0.25, 0.3) is 11.1 Å². The van der Waals surface area contributed by atoms with Crippen molar-refractivity contribution in [2.75, 3.05) is 11.9 Å². The Kier molecular flexibility index (Phi) is 17.0. The third-order valence-corrected chi connectivity index (χ3v) is 7.52. The zero-order chi connectivity index (χ0) is 30.6. The number of hydrogen-bond donors (Lipinski definition) is 1. The number of benzene rings is 2. The molecule has 0 bridgehead atoms. The highest BCUT2D eigenvalue weighted by Gasteiger charge is 2.29. The lowest BCUT2D eigenvalue weighted by molar-refractivity contribution is -0.141. The number of carbonyl (C=O) groups excluding carboxylic acids is 3. The van der Waals surface area contributed by atoms with Gasteiger partial charge in [0.25, 0.3) is 0 Å². The van der Waals surface area contributed by atoms with Gasteiger partial charge in [0.05, 0.1) is 0 Å². The third kappa shape index (κ3) is 13.6. The molecule has 3 rings (SSSR count). The van der Waals surface area contributed by atoms with Crippen LogP contribution in [0.5, 0.6) is 0 Å². The van der Waals surface area contributed by atoms with Crippen molar-refractivity contribution in [2.24, 2.45) is 0 Å². The Morgan fingerprint density at radius 3 is 1.86 bits per heavy atom. The molecule has 1 amide bonds. The maximum atomic E-state index is 12.6. The highest BCUT2D eigenvalue weighted by Crippen LogP contribution is 2.45. The molecule has 0 saturated heterocycles. The smallest absolute Gasteiger partial charge is 0.425 e. The molecule has 0 saturated carbocycles. The van der Waals surface area contributed by atoms with Gasteiger partial charge >= 0.3 is 16.6 Å². The third-order valence-electron chi connectivity index (χ3n) is 7.52. The molecule has 8 nitrogen and oxygen atoms in total. The predicted molar refractivity (Wildman–Crippen MR) is 164 cm³/mol. The number of amides is 1. The van der Waals surface area contributed by atoms with Gasteiger partial charge in [0, 0.05) is 31.4 Å². The first kappa shape index (κ1) is 34.9. The first-order valence-corrected chi connectivity index (χ1v) is 16.2. The largest absolute Gasteiger partial charge is 0.465 e. The molecule has 0 heterocycles. The number of esters is 1. The summed E-state index contributed by atoms with van der Waals surface area (Å²) >= 11 is 0. The second-order valence-electron chi connectivity index (χ2n) is 10.8. The minimum atomic E-state index is -3.11. The zero-order valence-corrected chi connectivity index (χ0v) is 25.6. The Balaban J connectivity index is 0.00000144. The number of nitrogens with one attached hydrogen (secondary N) is 1. The van der Waals surface area contributed by atoms with Crippen molar-refractivity contribution in [3.63, 3.8) is 0 Å². The lowest BCUT2D eigenvalue weighted by atomic mass is 9.97. The summed E-state index contributed by atoms with van der Waals surface area (Å²) < 4.78 is 30.7. The Morgan fingerprint density at radius 2 is 1.29 bits per heavy atom. The second kappa shape index (κ2) is 20.5. The lowest BCUT2D eigenvalue weighted by Crippen LogP contribution is -2.12. The summed E-state index contributed by atoms with van der Waals surface area (Å²) in [5.41, 5.74) is 5.37. The number of fused-ring (bicyclic) bond motifs is 3. The molecule has 1 N–H and O–H groups in total. The summed E-state index contributed by atoms with van der Waals surface area (Å²) in [5, 5.41) is 3.07. The normalized spacial score (nSPS) is 12.8. The molecule has 0 spiro atoms. The van der Waals surface area contributed by atoms with Crippen molar-refractivity contribution in [1.82, 2.24) is 0 Å². The Bertz CT molecular complexity index is 1240. The summed E-state index contributed by atoms with van der Waals surface area (Å²) in [6, 6.07) is 14.3. The average molecular weight is 600 g/mol. The van der Waals surface area contributed by atoms with Gasteiger partial charge in [-0.1, -0.05) is 101 Å². The molecule has 1 aliphatic rings. The van der Waals surface area contributed by atoms with Crippen LogP contribution in [-0.4, -0.2) is 37.4 Å². The molecule has 1 aliphatic carbocycles. The summed E-state index contributed by atoms with van der Waals surface area (Å²) in [5.74, 6) is -0.237. The van der Waals surface area contributed by atoms with Crippen molar-refractivity contribution >= 4 is 34.5 Å². The predicted octanol–water partition coefficient (Wildman–Crippen LogP) is 7.35. The fraction of sp³-hybridized carbons (Fsp3) is 0.545. The van der Waals surface area contributed by atoms with Crippen LogP contribution in [0.15, 0.2) is 42.5 Å². The SMILES string of the molecule is CC(=O)OCC1c2ccccc2-c2ccc(NC(=O)CCCCCCCCCCCCCCCC=O)cc21.O=S(=O)=O. The van der Waals surface area contributed by atoms with Gasteiger partial charge in [-0.3, -0.25) is 9.59 Å². The van der Waals surface area contributed by atoms with Crippen LogP contribution in [0.2, 0.25) is 0 Å². The van der Waals surface area contributed by atoms with Gasteiger partial charge in [-0.25, -0.2) is 0 Å². The topological polar surface area (TPSA) is 124 Å². The van der Waals surface area contributed by atoms with Crippen LogP contribution in [0.3, 0.4) is 0 Å². The number of ether oxygens (including phenoxy) is 1. The number of rotatable bonds is 19. The summed E-state index contributed by atoms with van der Waals surface area (Å²) in [6.07, 6.45) is 18.1. The van der Waals surface area contributed by atoms with Crippen molar-refractivity contribution in [3.05, 3.63) is 53.6 Å². The number of aldehydes is 1. The molecule has 1 unspecified atom stereocenters. The van der Waals surface area contributed by atoms with Crippen LogP contribution in [0, 0.1) is 0 Å². The minimum absolute atomic E-state index is 0.0128. The van der Waals surface area contributed by atoms with E-state index >= 15 is 0 Å². The molecule has 9 heteroatoms. The molecule has 0 aliphatic heterocycles. The minimum Gasteiger partial charge on any atom is -0.465 e. The van der Waals surface area contributed by atoms with Crippen molar-refractivity contribution < 1.29 is 31.7 Å². The molecule has 230 valence electrons. The Hall–Kier alpha value is -3.33. The molecule has 42 heavy (non-hydrogen) atoms. The molecule has 2 aromatic rings. The van der Waals surface area contributed by atoms with E-state index in [4.69, 9.17) is 17.4 Å². The van der Waals surface area contributed by atoms with Gasteiger partial charge in [0.15, 0.2) is 0 Å².